The first kappa shape index (κ1) is 18.1. The molecule has 0 aromatic heterocycles. The van der Waals surface area contributed by atoms with Crippen LogP contribution in [0.3, 0.4) is 0 Å². The zero-order chi connectivity index (χ0) is 18.6. The fourth-order valence-corrected chi connectivity index (χ4v) is 4.91. The highest BCUT2D eigenvalue weighted by Gasteiger charge is 2.54. The minimum absolute atomic E-state index is 0.0563. The van der Waals surface area contributed by atoms with Crippen LogP contribution in [0, 0.1) is 11.8 Å². The largest absolute Gasteiger partial charge is 0.360 e. The fraction of sp³-hybridized carbons (Fsp3) is 0.476. The fourth-order valence-electron chi connectivity index (χ4n) is 4.40. The summed E-state index contributed by atoms with van der Waals surface area (Å²) in [5, 5.41) is 0. The first-order valence-electron chi connectivity index (χ1n) is 8.98. The summed E-state index contributed by atoms with van der Waals surface area (Å²) in [5.74, 6) is 0.288. The number of hydrogen-bond acceptors (Lipinski definition) is 4. The minimum atomic E-state index is -0.457. The van der Waals surface area contributed by atoms with Crippen LogP contribution in [0.4, 0.5) is 0 Å². The molecular weight excluding hydrogens is 396 g/mol. The van der Waals surface area contributed by atoms with Crippen molar-refractivity contribution in [2.75, 3.05) is 0 Å². The van der Waals surface area contributed by atoms with Crippen molar-refractivity contribution >= 4 is 21.7 Å². The van der Waals surface area contributed by atoms with Crippen LogP contribution in [-0.2, 0) is 19.0 Å². The molecule has 4 unspecified atom stereocenters. The summed E-state index contributed by atoms with van der Waals surface area (Å²) < 4.78 is 19.0. The first-order valence-corrected chi connectivity index (χ1v) is 9.78. The van der Waals surface area contributed by atoms with Gasteiger partial charge in [0, 0.05) is 16.8 Å². The Morgan fingerprint density at radius 2 is 1.88 bits per heavy atom. The van der Waals surface area contributed by atoms with Crippen molar-refractivity contribution < 1.29 is 19.0 Å². The Labute approximate surface area is 162 Å². The summed E-state index contributed by atoms with van der Waals surface area (Å²) >= 11 is 3.66. The van der Waals surface area contributed by atoms with E-state index < -0.39 is 6.29 Å². The van der Waals surface area contributed by atoms with Crippen LogP contribution >= 0.6 is 15.9 Å². The van der Waals surface area contributed by atoms with E-state index in [2.05, 4.69) is 28.6 Å². The molecule has 4 rings (SSSR count). The van der Waals surface area contributed by atoms with Crippen molar-refractivity contribution in [3.8, 4) is 0 Å². The highest BCUT2D eigenvalue weighted by atomic mass is 79.9. The van der Waals surface area contributed by atoms with Crippen LogP contribution in [0.1, 0.15) is 38.9 Å². The minimum Gasteiger partial charge on any atom is -0.360 e. The second-order valence-corrected chi connectivity index (χ2v) is 8.25. The molecule has 2 fully saturated rings. The second kappa shape index (κ2) is 6.71. The van der Waals surface area contributed by atoms with Crippen molar-refractivity contribution in [2.45, 2.75) is 52.0 Å². The van der Waals surface area contributed by atoms with Gasteiger partial charge in [-0.15, -0.1) is 0 Å². The summed E-state index contributed by atoms with van der Waals surface area (Å²) in [5.41, 5.74) is 3.91. The lowest BCUT2D eigenvalue weighted by atomic mass is 9.68. The van der Waals surface area contributed by atoms with E-state index in [4.69, 9.17) is 14.2 Å². The molecule has 2 heterocycles. The highest BCUT2D eigenvalue weighted by molar-refractivity contribution is 9.10. The van der Waals surface area contributed by atoms with E-state index in [1.54, 1.807) is 0 Å². The molecule has 1 aromatic rings. The van der Waals surface area contributed by atoms with E-state index in [-0.39, 0.29) is 36.1 Å². The molecular formula is C21H23BrO4. The normalized spacial score (nSPS) is 36.7. The van der Waals surface area contributed by atoms with Gasteiger partial charge in [0.1, 0.15) is 6.10 Å². The molecule has 0 radical (unpaired) electrons. The first-order chi connectivity index (χ1) is 12.4. The smallest absolute Gasteiger partial charge is 0.193 e. The lowest BCUT2D eigenvalue weighted by Gasteiger charge is -2.39. The third-order valence-corrected chi connectivity index (χ3v) is 6.44. The van der Waals surface area contributed by atoms with E-state index in [0.717, 1.165) is 26.8 Å². The Hall–Kier alpha value is -1.27. The topological polar surface area (TPSA) is 44.8 Å². The maximum Gasteiger partial charge on any atom is 0.193 e. The van der Waals surface area contributed by atoms with Crippen molar-refractivity contribution in [1.82, 2.24) is 0 Å². The molecule has 4 nitrogen and oxygen atoms in total. The van der Waals surface area contributed by atoms with Gasteiger partial charge in [0.05, 0.1) is 6.10 Å². The maximum absolute atomic E-state index is 12.7. The van der Waals surface area contributed by atoms with Gasteiger partial charge in [-0.05, 0) is 49.5 Å². The molecule has 26 heavy (non-hydrogen) atoms. The average Bonchev–Trinajstić information content (AvgIpc) is 2.95. The van der Waals surface area contributed by atoms with E-state index in [9.17, 15) is 4.79 Å². The predicted molar refractivity (Wildman–Crippen MR) is 101 cm³/mol. The van der Waals surface area contributed by atoms with E-state index in [0.29, 0.717) is 6.42 Å². The summed E-state index contributed by atoms with van der Waals surface area (Å²) in [6, 6.07) is 8.09. The summed E-state index contributed by atoms with van der Waals surface area (Å²) in [7, 11) is 0. The van der Waals surface area contributed by atoms with Crippen LogP contribution in [-0.4, -0.2) is 24.5 Å². The van der Waals surface area contributed by atoms with Crippen LogP contribution in [0.15, 0.2) is 52.0 Å². The summed E-state index contributed by atoms with van der Waals surface area (Å²) in [6.07, 6.45) is -0.740. The van der Waals surface area contributed by atoms with Gasteiger partial charge >= 0.3 is 0 Å². The highest BCUT2D eigenvalue weighted by Crippen LogP contribution is 2.55. The molecule has 2 saturated heterocycles. The Kier molecular flexibility index (Phi) is 4.68. The number of ketones is 1. The molecule has 2 aliphatic heterocycles. The maximum atomic E-state index is 12.7. The van der Waals surface area contributed by atoms with Crippen molar-refractivity contribution in [3.63, 3.8) is 0 Å². The molecule has 0 spiro atoms. The number of allylic oxidation sites excluding steroid dienone is 2. The Balaban J connectivity index is 1.82. The van der Waals surface area contributed by atoms with Crippen molar-refractivity contribution in [3.05, 3.63) is 57.6 Å². The van der Waals surface area contributed by atoms with Gasteiger partial charge in [0.15, 0.2) is 18.4 Å². The van der Waals surface area contributed by atoms with Gasteiger partial charge in [0.25, 0.3) is 0 Å². The molecule has 5 heteroatoms. The number of Topliss-reactive ketones (excluding diaryl/α,β-unsaturated/α-hetero) is 1. The van der Waals surface area contributed by atoms with Crippen LogP contribution in [0.5, 0.6) is 0 Å². The number of carbonyl (C=O) groups is 1. The molecule has 1 aliphatic carbocycles. The van der Waals surface area contributed by atoms with Gasteiger partial charge in [0.2, 0.25) is 0 Å². The van der Waals surface area contributed by atoms with Gasteiger partial charge in [-0.2, -0.15) is 0 Å². The molecule has 0 bridgehead atoms. The number of carbonyl (C=O) groups excluding carboxylic acids is 1. The monoisotopic (exact) mass is 418 g/mol. The van der Waals surface area contributed by atoms with Crippen LogP contribution in [0.2, 0.25) is 0 Å². The van der Waals surface area contributed by atoms with Gasteiger partial charge in [-0.3, -0.25) is 4.79 Å². The number of hydrogen-bond donors (Lipinski definition) is 0. The molecule has 4 atom stereocenters. The number of benzene rings is 1. The summed E-state index contributed by atoms with van der Waals surface area (Å²) in [6.45, 7) is 9.92. The van der Waals surface area contributed by atoms with E-state index in [1.807, 2.05) is 39.0 Å². The van der Waals surface area contributed by atoms with Crippen LogP contribution < -0.4 is 0 Å². The number of fused-ring (bicyclic) bond motifs is 1. The molecule has 3 aliphatic rings. The summed E-state index contributed by atoms with van der Waals surface area (Å²) in [4.78, 5) is 12.7. The molecule has 0 N–H and O–H groups in total. The average molecular weight is 419 g/mol. The van der Waals surface area contributed by atoms with Gasteiger partial charge < -0.3 is 14.2 Å². The Morgan fingerprint density at radius 3 is 2.50 bits per heavy atom. The predicted octanol–water partition coefficient (Wildman–Crippen LogP) is 4.71. The van der Waals surface area contributed by atoms with E-state index >= 15 is 0 Å². The molecule has 138 valence electrons. The standard InChI is InChI=1S/C21H23BrO4/c1-10(2)14-9-16(23)11(3)17-18(14)19(13-7-5-6-8-15(13)22)26-20(17)21-24-12(4)25-21/h5-8,12,14,18-21H,1,9H2,2-4H3. The van der Waals surface area contributed by atoms with Crippen molar-refractivity contribution in [1.29, 1.82) is 0 Å². The lowest BCUT2D eigenvalue weighted by Crippen LogP contribution is -2.48. The number of halogens is 1. The Morgan fingerprint density at radius 1 is 1.19 bits per heavy atom. The number of ether oxygens (including phenoxy) is 3. The Bertz CT molecular complexity index is 793. The zero-order valence-corrected chi connectivity index (χ0v) is 16.8. The van der Waals surface area contributed by atoms with Crippen molar-refractivity contribution in [2.24, 2.45) is 11.8 Å². The molecule has 1 aromatic carbocycles. The molecule has 0 amide bonds. The third kappa shape index (κ3) is 2.82. The molecule has 0 saturated carbocycles. The van der Waals surface area contributed by atoms with E-state index in [1.165, 1.54) is 0 Å². The van der Waals surface area contributed by atoms with Crippen LogP contribution in [0.25, 0.3) is 0 Å². The third-order valence-electron chi connectivity index (χ3n) is 5.72. The number of rotatable bonds is 3. The zero-order valence-electron chi connectivity index (χ0n) is 15.2. The van der Waals surface area contributed by atoms with Gasteiger partial charge in [-0.1, -0.05) is 46.3 Å². The van der Waals surface area contributed by atoms with Gasteiger partial charge in [-0.25, -0.2) is 0 Å². The SMILES string of the molecule is C=C(C)C1CC(=O)C(C)=C2C(C3OC(C)O3)OC(c3ccccc3Br)C21. The quantitative estimate of drug-likeness (QED) is 0.666. The lowest BCUT2D eigenvalue weighted by molar-refractivity contribution is -0.396. The second-order valence-electron chi connectivity index (χ2n) is 7.39.